The molecule has 4 nitrogen and oxygen atoms in total. The highest BCUT2D eigenvalue weighted by Gasteiger charge is 2.16. The van der Waals surface area contributed by atoms with Gasteiger partial charge in [-0.2, -0.15) is 0 Å². The average molecular weight is 215 g/mol. The number of ether oxygens (including phenoxy) is 1. The Hall–Kier alpha value is -1.07. The Balaban J connectivity index is 3.36. The lowest BCUT2D eigenvalue weighted by Crippen LogP contribution is -2.14. The fourth-order valence-corrected chi connectivity index (χ4v) is 1.93. The maximum Gasteiger partial charge on any atom is 0.241 e. The fraction of sp³-hybridized carbons (Fsp3) is 0.333. The lowest BCUT2D eigenvalue weighted by molar-refractivity contribution is 0.328. The summed E-state index contributed by atoms with van der Waals surface area (Å²) in [5.41, 5.74) is 0.762. The second-order valence-electron chi connectivity index (χ2n) is 2.88. The maximum absolute atomic E-state index is 11.2. The molecule has 0 heterocycles. The Morgan fingerprint density at radius 3 is 2.57 bits per heavy atom. The highest BCUT2D eigenvalue weighted by atomic mass is 32.2. The highest BCUT2D eigenvalue weighted by molar-refractivity contribution is 7.89. The SMILES string of the molecule is CCOc1c(C)cccc1S(N)(=O)=O. The van der Waals surface area contributed by atoms with Crippen LogP contribution in [0.5, 0.6) is 5.75 Å². The molecule has 0 saturated carbocycles. The van der Waals surface area contributed by atoms with Gasteiger partial charge in [0.05, 0.1) is 6.61 Å². The Morgan fingerprint density at radius 1 is 1.43 bits per heavy atom. The zero-order valence-electron chi connectivity index (χ0n) is 8.15. The summed E-state index contributed by atoms with van der Waals surface area (Å²) in [5, 5.41) is 5.05. The third-order valence-corrected chi connectivity index (χ3v) is 2.71. The van der Waals surface area contributed by atoms with E-state index in [2.05, 4.69) is 0 Å². The van der Waals surface area contributed by atoms with Crippen molar-refractivity contribution in [3.05, 3.63) is 23.8 Å². The Labute approximate surface area is 83.7 Å². The second kappa shape index (κ2) is 3.98. The van der Waals surface area contributed by atoms with E-state index >= 15 is 0 Å². The number of benzene rings is 1. The van der Waals surface area contributed by atoms with E-state index in [1.807, 2.05) is 0 Å². The number of sulfonamides is 1. The standard InChI is InChI=1S/C9H13NO3S/c1-3-13-9-7(2)5-4-6-8(9)14(10,11)12/h4-6H,3H2,1-2H3,(H2,10,11,12). The minimum atomic E-state index is -3.70. The summed E-state index contributed by atoms with van der Waals surface area (Å²) in [5.74, 6) is 0.345. The van der Waals surface area contributed by atoms with Crippen molar-refractivity contribution in [1.29, 1.82) is 0 Å². The van der Waals surface area contributed by atoms with Gasteiger partial charge in [0.15, 0.2) is 0 Å². The summed E-state index contributed by atoms with van der Waals surface area (Å²) in [7, 11) is -3.70. The van der Waals surface area contributed by atoms with E-state index in [4.69, 9.17) is 9.88 Å². The van der Waals surface area contributed by atoms with Crippen LogP contribution in [0.4, 0.5) is 0 Å². The molecule has 0 unspecified atom stereocenters. The first-order valence-corrected chi connectivity index (χ1v) is 5.76. The lowest BCUT2D eigenvalue weighted by Gasteiger charge is -2.10. The number of hydrogen-bond donors (Lipinski definition) is 1. The summed E-state index contributed by atoms with van der Waals surface area (Å²) in [6.45, 7) is 3.98. The minimum absolute atomic E-state index is 0.0411. The van der Waals surface area contributed by atoms with Crippen LogP contribution in [-0.4, -0.2) is 15.0 Å². The summed E-state index contributed by atoms with van der Waals surface area (Å²) in [6, 6.07) is 4.85. The molecule has 0 amide bonds. The Morgan fingerprint density at radius 2 is 2.07 bits per heavy atom. The molecule has 78 valence electrons. The van der Waals surface area contributed by atoms with E-state index < -0.39 is 10.0 Å². The van der Waals surface area contributed by atoms with Crippen LogP contribution >= 0.6 is 0 Å². The summed E-state index contributed by atoms with van der Waals surface area (Å²) >= 11 is 0. The molecule has 14 heavy (non-hydrogen) atoms. The first-order chi connectivity index (χ1) is 6.46. The van der Waals surface area contributed by atoms with E-state index in [1.54, 1.807) is 26.0 Å². The van der Waals surface area contributed by atoms with Crippen molar-refractivity contribution in [1.82, 2.24) is 0 Å². The number of nitrogens with two attached hydrogens (primary N) is 1. The molecule has 0 aliphatic carbocycles. The topological polar surface area (TPSA) is 69.4 Å². The van der Waals surface area contributed by atoms with E-state index in [1.165, 1.54) is 6.07 Å². The Kier molecular flexibility index (Phi) is 3.13. The molecule has 0 radical (unpaired) electrons. The van der Waals surface area contributed by atoms with Crippen molar-refractivity contribution >= 4 is 10.0 Å². The van der Waals surface area contributed by atoms with Gasteiger partial charge in [0.2, 0.25) is 10.0 Å². The van der Waals surface area contributed by atoms with Crippen molar-refractivity contribution in [2.45, 2.75) is 18.7 Å². The van der Waals surface area contributed by atoms with E-state index in [0.717, 1.165) is 5.56 Å². The quantitative estimate of drug-likeness (QED) is 0.819. The molecule has 0 atom stereocenters. The number of primary sulfonamides is 1. The highest BCUT2D eigenvalue weighted by Crippen LogP contribution is 2.26. The van der Waals surface area contributed by atoms with Crippen LogP contribution in [0, 0.1) is 6.92 Å². The van der Waals surface area contributed by atoms with Crippen molar-refractivity contribution in [2.75, 3.05) is 6.61 Å². The summed E-state index contributed by atoms with van der Waals surface area (Å²) in [4.78, 5) is 0.0411. The molecular formula is C9H13NO3S. The van der Waals surface area contributed by atoms with Crippen LogP contribution in [-0.2, 0) is 10.0 Å². The molecule has 1 rings (SSSR count). The molecule has 0 spiro atoms. The van der Waals surface area contributed by atoms with Gasteiger partial charge in [-0.3, -0.25) is 0 Å². The van der Waals surface area contributed by atoms with Gasteiger partial charge in [-0.15, -0.1) is 0 Å². The molecular weight excluding hydrogens is 202 g/mol. The van der Waals surface area contributed by atoms with E-state index in [-0.39, 0.29) is 4.90 Å². The molecule has 2 N–H and O–H groups in total. The normalized spacial score (nSPS) is 11.4. The number of aryl methyl sites for hydroxylation is 1. The predicted octanol–water partition coefficient (Wildman–Crippen LogP) is 1.04. The van der Waals surface area contributed by atoms with Gasteiger partial charge in [-0.05, 0) is 25.5 Å². The third kappa shape index (κ3) is 2.24. The molecule has 0 saturated heterocycles. The third-order valence-electron chi connectivity index (χ3n) is 1.77. The van der Waals surface area contributed by atoms with Crippen LogP contribution < -0.4 is 9.88 Å². The molecule has 5 heteroatoms. The minimum Gasteiger partial charge on any atom is -0.492 e. The van der Waals surface area contributed by atoms with Gasteiger partial charge in [0, 0.05) is 0 Å². The molecule has 0 aromatic heterocycles. The summed E-state index contributed by atoms with van der Waals surface area (Å²) < 4.78 is 27.6. The summed E-state index contributed by atoms with van der Waals surface area (Å²) in [6.07, 6.45) is 0. The van der Waals surface area contributed by atoms with Crippen LogP contribution in [0.1, 0.15) is 12.5 Å². The van der Waals surface area contributed by atoms with Gasteiger partial charge in [0.1, 0.15) is 10.6 Å². The first-order valence-electron chi connectivity index (χ1n) is 4.22. The first kappa shape index (κ1) is 11.0. The molecule has 1 aromatic carbocycles. The van der Waals surface area contributed by atoms with E-state index in [9.17, 15) is 8.42 Å². The van der Waals surface area contributed by atoms with Crippen LogP contribution in [0.15, 0.2) is 23.1 Å². The van der Waals surface area contributed by atoms with Crippen molar-refractivity contribution in [2.24, 2.45) is 5.14 Å². The zero-order valence-corrected chi connectivity index (χ0v) is 8.97. The molecule has 0 aliphatic rings. The lowest BCUT2D eigenvalue weighted by atomic mass is 10.2. The van der Waals surface area contributed by atoms with Crippen molar-refractivity contribution < 1.29 is 13.2 Å². The largest absolute Gasteiger partial charge is 0.492 e. The van der Waals surface area contributed by atoms with Crippen LogP contribution in [0.2, 0.25) is 0 Å². The van der Waals surface area contributed by atoms with Gasteiger partial charge >= 0.3 is 0 Å². The van der Waals surface area contributed by atoms with E-state index in [0.29, 0.717) is 12.4 Å². The van der Waals surface area contributed by atoms with Gasteiger partial charge in [0.25, 0.3) is 0 Å². The molecule has 0 fully saturated rings. The fourth-order valence-electron chi connectivity index (χ4n) is 1.18. The van der Waals surface area contributed by atoms with Gasteiger partial charge < -0.3 is 4.74 Å². The molecule has 0 aliphatic heterocycles. The maximum atomic E-state index is 11.2. The van der Waals surface area contributed by atoms with Crippen molar-refractivity contribution in [3.8, 4) is 5.75 Å². The molecule has 0 bridgehead atoms. The van der Waals surface area contributed by atoms with Crippen molar-refractivity contribution in [3.63, 3.8) is 0 Å². The van der Waals surface area contributed by atoms with Gasteiger partial charge in [-0.1, -0.05) is 12.1 Å². The average Bonchev–Trinajstić information content (AvgIpc) is 2.07. The predicted molar refractivity (Wildman–Crippen MR) is 53.7 cm³/mol. The van der Waals surface area contributed by atoms with Gasteiger partial charge in [-0.25, -0.2) is 13.6 Å². The Bertz CT molecular complexity index is 426. The second-order valence-corrected chi connectivity index (χ2v) is 4.41. The smallest absolute Gasteiger partial charge is 0.241 e. The number of hydrogen-bond acceptors (Lipinski definition) is 3. The van der Waals surface area contributed by atoms with Crippen LogP contribution in [0.25, 0.3) is 0 Å². The number of rotatable bonds is 3. The zero-order chi connectivity index (χ0) is 10.8. The monoisotopic (exact) mass is 215 g/mol. The molecule has 1 aromatic rings. The van der Waals surface area contributed by atoms with Crippen LogP contribution in [0.3, 0.4) is 0 Å². The number of para-hydroxylation sites is 1.